The molecule has 2 N–H and O–H groups in total. The second-order valence-electron chi connectivity index (χ2n) is 8.42. The normalized spacial score (nSPS) is 12.2. The van der Waals surface area contributed by atoms with E-state index in [1.54, 1.807) is 16.8 Å². The number of hydrogen-bond donors (Lipinski definition) is 2. The summed E-state index contributed by atoms with van der Waals surface area (Å²) in [5, 5.41) is 28.4. The number of carbonyl (C=O) groups is 1. The predicted octanol–water partition coefficient (Wildman–Crippen LogP) is 4.98. The van der Waals surface area contributed by atoms with Gasteiger partial charge in [-0.05, 0) is 45.9 Å². The van der Waals surface area contributed by atoms with E-state index in [1.807, 2.05) is 30.5 Å². The Morgan fingerprint density at radius 3 is 2.56 bits per heavy atom. The molecule has 0 saturated carbocycles. The molecule has 0 saturated heterocycles. The van der Waals surface area contributed by atoms with Crippen molar-refractivity contribution in [2.75, 3.05) is 0 Å². The summed E-state index contributed by atoms with van der Waals surface area (Å²) in [6.07, 6.45) is 5.04. The maximum atomic E-state index is 11.6. The van der Waals surface area contributed by atoms with Gasteiger partial charge in [-0.2, -0.15) is 10.3 Å². The summed E-state index contributed by atoms with van der Waals surface area (Å²) in [4.78, 5) is 11.6. The molecule has 0 aliphatic carbocycles. The zero-order chi connectivity index (χ0) is 23.7. The Balaban J connectivity index is 1.49. The van der Waals surface area contributed by atoms with E-state index in [2.05, 4.69) is 63.8 Å². The van der Waals surface area contributed by atoms with Gasteiger partial charge in [-0.1, -0.05) is 62.4 Å². The second kappa shape index (κ2) is 8.90. The van der Waals surface area contributed by atoms with E-state index in [-0.39, 0.29) is 11.5 Å². The van der Waals surface area contributed by atoms with Crippen LogP contribution in [0.1, 0.15) is 53.2 Å². The maximum Gasteiger partial charge on any atom is 0.337 e. The van der Waals surface area contributed by atoms with Crippen molar-refractivity contribution in [3.05, 3.63) is 89.2 Å². The number of nitrogens with one attached hydrogen (secondary N) is 1. The summed E-state index contributed by atoms with van der Waals surface area (Å²) in [5.74, 6) is -0.161. The summed E-state index contributed by atoms with van der Waals surface area (Å²) in [7, 11) is 0. The summed E-state index contributed by atoms with van der Waals surface area (Å²) >= 11 is 0. The average Bonchev–Trinajstić information content (AvgIpc) is 3.54. The van der Waals surface area contributed by atoms with Gasteiger partial charge >= 0.3 is 5.97 Å². The number of H-pyrrole nitrogens is 1. The quantitative estimate of drug-likeness (QED) is 0.360. The third kappa shape index (κ3) is 3.94. The highest BCUT2D eigenvalue weighted by Crippen LogP contribution is 2.31. The molecule has 34 heavy (non-hydrogen) atoms. The van der Waals surface area contributed by atoms with Crippen molar-refractivity contribution in [2.24, 2.45) is 0 Å². The van der Waals surface area contributed by atoms with Crippen molar-refractivity contribution in [3.8, 4) is 22.5 Å². The number of carboxylic acids is 1. The molecule has 5 rings (SSSR count). The lowest BCUT2D eigenvalue weighted by Gasteiger charge is -2.14. The standard InChI is InChI=1S/C26H24N6O2/c1-3-16(2)23-13-20(26(33)34)15-32-24(23)19(14-27-32)12-17-8-10-18(11-9-17)21-6-4-5-7-22(21)25-28-30-31-29-25/h4-11,13-16H,3,12H2,1-2H3,(H,33,34)(H,28,29,30,31). The molecule has 0 radical (unpaired) electrons. The van der Waals surface area contributed by atoms with Crippen molar-refractivity contribution < 1.29 is 9.90 Å². The first-order chi connectivity index (χ1) is 16.5. The van der Waals surface area contributed by atoms with Crippen LogP contribution in [0.3, 0.4) is 0 Å². The molecule has 170 valence electrons. The van der Waals surface area contributed by atoms with Gasteiger partial charge in [0.25, 0.3) is 0 Å². The highest BCUT2D eigenvalue weighted by Gasteiger charge is 2.18. The molecule has 1 unspecified atom stereocenters. The molecule has 3 heterocycles. The Bertz CT molecular complexity index is 1450. The largest absolute Gasteiger partial charge is 0.478 e. The third-order valence-corrected chi connectivity index (χ3v) is 6.28. The highest BCUT2D eigenvalue weighted by atomic mass is 16.4. The van der Waals surface area contributed by atoms with Crippen molar-refractivity contribution in [2.45, 2.75) is 32.6 Å². The molecule has 8 heteroatoms. The summed E-state index contributed by atoms with van der Waals surface area (Å²) in [5.41, 5.74) is 7.50. The van der Waals surface area contributed by atoms with Crippen LogP contribution in [-0.2, 0) is 6.42 Å². The number of tetrazole rings is 1. The minimum Gasteiger partial charge on any atom is -0.478 e. The fraction of sp³-hybridized carbons (Fsp3) is 0.192. The van der Waals surface area contributed by atoms with Gasteiger partial charge in [-0.25, -0.2) is 9.31 Å². The molecule has 0 spiro atoms. The summed E-state index contributed by atoms with van der Waals surface area (Å²) in [6, 6.07) is 18.2. The lowest BCUT2D eigenvalue weighted by Crippen LogP contribution is -2.05. The van der Waals surface area contributed by atoms with Crippen LogP contribution < -0.4 is 0 Å². The van der Waals surface area contributed by atoms with E-state index in [0.717, 1.165) is 45.3 Å². The van der Waals surface area contributed by atoms with Gasteiger partial charge < -0.3 is 5.11 Å². The number of benzene rings is 2. The average molecular weight is 453 g/mol. The zero-order valence-electron chi connectivity index (χ0n) is 18.9. The fourth-order valence-electron chi connectivity index (χ4n) is 4.29. The Labute approximate surface area is 196 Å². The molecule has 0 amide bonds. The molecule has 1 atom stereocenters. The topological polar surface area (TPSA) is 109 Å². The second-order valence-corrected chi connectivity index (χ2v) is 8.42. The van der Waals surface area contributed by atoms with Crippen molar-refractivity contribution in [3.63, 3.8) is 0 Å². The number of nitrogens with zero attached hydrogens (tertiary/aromatic N) is 5. The molecule has 0 aliphatic heterocycles. The van der Waals surface area contributed by atoms with Gasteiger partial charge in [0.2, 0.25) is 5.82 Å². The maximum absolute atomic E-state index is 11.6. The number of rotatable bonds is 7. The van der Waals surface area contributed by atoms with E-state index < -0.39 is 5.97 Å². The SMILES string of the molecule is CCC(C)c1cc(C(=O)O)cn2ncc(Cc3ccc(-c4ccccc4-c4nn[nH]n4)cc3)c12. The lowest BCUT2D eigenvalue weighted by atomic mass is 9.93. The lowest BCUT2D eigenvalue weighted by molar-refractivity contribution is 0.0696. The summed E-state index contributed by atoms with van der Waals surface area (Å²) in [6.45, 7) is 4.23. The van der Waals surface area contributed by atoms with Crippen LogP contribution in [-0.4, -0.2) is 41.3 Å². The molecule has 0 fully saturated rings. The Hall–Kier alpha value is -4.33. The molecule has 5 aromatic rings. The van der Waals surface area contributed by atoms with Gasteiger partial charge in [0.15, 0.2) is 0 Å². The van der Waals surface area contributed by atoms with Crippen LogP contribution in [0.2, 0.25) is 0 Å². The number of pyridine rings is 1. The number of fused-ring (bicyclic) bond motifs is 1. The van der Waals surface area contributed by atoms with Crippen molar-refractivity contribution >= 4 is 11.5 Å². The van der Waals surface area contributed by atoms with Gasteiger partial charge in [0.1, 0.15) is 0 Å². The van der Waals surface area contributed by atoms with Gasteiger partial charge in [0, 0.05) is 23.7 Å². The van der Waals surface area contributed by atoms with E-state index in [4.69, 9.17) is 0 Å². The molecule has 8 nitrogen and oxygen atoms in total. The Morgan fingerprint density at radius 1 is 1.12 bits per heavy atom. The van der Waals surface area contributed by atoms with E-state index in [0.29, 0.717) is 12.2 Å². The van der Waals surface area contributed by atoms with Crippen LogP contribution in [0.4, 0.5) is 0 Å². The highest BCUT2D eigenvalue weighted by molar-refractivity contribution is 5.88. The van der Waals surface area contributed by atoms with Crippen LogP contribution >= 0.6 is 0 Å². The Morgan fingerprint density at radius 2 is 1.88 bits per heavy atom. The Kier molecular flexibility index (Phi) is 5.63. The monoisotopic (exact) mass is 452 g/mol. The first-order valence-electron chi connectivity index (χ1n) is 11.2. The van der Waals surface area contributed by atoms with E-state index in [9.17, 15) is 9.90 Å². The van der Waals surface area contributed by atoms with Crippen LogP contribution in [0, 0.1) is 0 Å². The fourth-order valence-corrected chi connectivity index (χ4v) is 4.29. The number of aromatic carboxylic acids is 1. The van der Waals surface area contributed by atoms with Crippen LogP contribution in [0.25, 0.3) is 28.0 Å². The molecule has 0 bridgehead atoms. The van der Waals surface area contributed by atoms with Gasteiger partial charge in [0.05, 0.1) is 17.3 Å². The van der Waals surface area contributed by atoms with Gasteiger partial charge in [-0.3, -0.25) is 0 Å². The van der Waals surface area contributed by atoms with Gasteiger partial charge in [-0.15, -0.1) is 10.2 Å². The first kappa shape index (κ1) is 21.5. The minimum atomic E-state index is -0.944. The van der Waals surface area contributed by atoms with Crippen LogP contribution in [0.5, 0.6) is 0 Å². The molecule has 0 aliphatic rings. The molecule has 2 aromatic carbocycles. The number of hydrogen-bond acceptors (Lipinski definition) is 5. The smallest absolute Gasteiger partial charge is 0.337 e. The predicted molar refractivity (Wildman–Crippen MR) is 129 cm³/mol. The zero-order valence-corrected chi connectivity index (χ0v) is 18.9. The number of carboxylic acid groups (broad SMARTS) is 1. The van der Waals surface area contributed by atoms with Crippen molar-refractivity contribution in [1.29, 1.82) is 0 Å². The minimum absolute atomic E-state index is 0.223. The summed E-state index contributed by atoms with van der Waals surface area (Å²) < 4.78 is 1.70. The molecular weight excluding hydrogens is 428 g/mol. The van der Waals surface area contributed by atoms with Crippen LogP contribution in [0.15, 0.2) is 67.0 Å². The first-order valence-corrected chi connectivity index (χ1v) is 11.2. The number of aromatic amines is 1. The number of aromatic nitrogens is 6. The molecule has 3 aromatic heterocycles. The third-order valence-electron chi connectivity index (χ3n) is 6.28. The molecular formula is C26H24N6O2. The van der Waals surface area contributed by atoms with Crippen molar-refractivity contribution in [1.82, 2.24) is 30.2 Å². The van der Waals surface area contributed by atoms with E-state index >= 15 is 0 Å². The van der Waals surface area contributed by atoms with E-state index in [1.165, 1.54) is 0 Å².